The number of hydrogen-bond donors (Lipinski definition) is 1. The molecule has 9 heteroatoms. The number of benzene rings is 2. The zero-order valence-corrected chi connectivity index (χ0v) is 14.9. The Morgan fingerprint density at radius 3 is 2.17 bits per heavy atom. The summed E-state index contributed by atoms with van der Waals surface area (Å²) in [7, 11) is -7.50. The van der Waals surface area contributed by atoms with Gasteiger partial charge >= 0.3 is 0 Å². The number of halogens is 1. The summed E-state index contributed by atoms with van der Waals surface area (Å²) in [6, 6.07) is 10.5. The largest absolute Gasteiger partial charge is 0.243 e. The highest BCUT2D eigenvalue weighted by Gasteiger charge is 2.28. The highest BCUT2D eigenvalue weighted by molar-refractivity contribution is 7.89. The normalized spacial score (nSPS) is 15.9. The molecule has 0 aromatic heterocycles. The molecular formula is C15H15ClN2O4S2. The van der Waals surface area contributed by atoms with Crippen molar-refractivity contribution in [3.8, 4) is 0 Å². The molecule has 0 fully saturated rings. The zero-order chi connectivity index (χ0) is 17.5. The van der Waals surface area contributed by atoms with Crippen LogP contribution in [0.2, 0.25) is 5.02 Å². The minimum absolute atomic E-state index is 0.0213. The van der Waals surface area contributed by atoms with E-state index in [9.17, 15) is 16.8 Å². The summed E-state index contributed by atoms with van der Waals surface area (Å²) in [4.78, 5) is 0.130. The Hall–Kier alpha value is -1.45. The van der Waals surface area contributed by atoms with Crippen LogP contribution in [0.25, 0.3) is 0 Å². The van der Waals surface area contributed by atoms with E-state index in [2.05, 4.69) is 0 Å². The molecule has 2 N–H and O–H groups in total. The molecule has 0 amide bonds. The van der Waals surface area contributed by atoms with Crippen LogP contribution in [-0.2, 0) is 33.0 Å². The van der Waals surface area contributed by atoms with Crippen LogP contribution < -0.4 is 5.14 Å². The molecule has 0 bridgehead atoms. The van der Waals surface area contributed by atoms with E-state index in [1.165, 1.54) is 40.7 Å². The maximum absolute atomic E-state index is 12.7. The van der Waals surface area contributed by atoms with E-state index in [0.29, 0.717) is 23.6 Å². The lowest BCUT2D eigenvalue weighted by molar-refractivity contribution is 0.391. The summed E-state index contributed by atoms with van der Waals surface area (Å²) >= 11 is 5.80. The molecule has 0 unspecified atom stereocenters. The summed E-state index contributed by atoms with van der Waals surface area (Å²) < 4.78 is 49.8. The fourth-order valence-electron chi connectivity index (χ4n) is 2.65. The molecule has 1 heterocycles. The van der Waals surface area contributed by atoms with Crippen molar-refractivity contribution in [2.45, 2.75) is 22.8 Å². The van der Waals surface area contributed by atoms with Gasteiger partial charge in [-0.3, -0.25) is 0 Å². The molecule has 0 saturated heterocycles. The molecule has 0 saturated carbocycles. The summed E-state index contributed by atoms with van der Waals surface area (Å²) in [5, 5.41) is 5.60. The summed E-state index contributed by atoms with van der Waals surface area (Å²) in [6.07, 6.45) is 0.507. The van der Waals surface area contributed by atoms with Crippen molar-refractivity contribution in [1.29, 1.82) is 0 Å². The number of primary sulfonamides is 1. The van der Waals surface area contributed by atoms with Crippen LogP contribution in [0.15, 0.2) is 52.3 Å². The Balaban J connectivity index is 1.95. The van der Waals surface area contributed by atoms with Crippen molar-refractivity contribution < 1.29 is 16.8 Å². The Morgan fingerprint density at radius 2 is 1.54 bits per heavy atom. The third-order valence-corrected chi connectivity index (χ3v) is 6.96. The van der Waals surface area contributed by atoms with Gasteiger partial charge in [-0.2, -0.15) is 4.31 Å². The lowest BCUT2D eigenvalue weighted by atomic mass is 10.0. The molecule has 0 spiro atoms. The zero-order valence-electron chi connectivity index (χ0n) is 12.5. The molecule has 128 valence electrons. The standard InChI is InChI=1S/C15H15ClN2O4S2/c16-13-2-5-14(6-3-13)24(21,22)18-8-7-11-1-4-15(23(17,19)20)9-12(11)10-18/h1-6,9H,7-8,10H2,(H2,17,19,20). The van der Waals surface area contributed by atoms with Gasteiger partial charge in [-0.25, -0.2) is 22.0 Å². The Kier molecular flexibility index (Phi) is 4.43. The first-order valence-electron chi connectivity index (χ1n) is 7.08. The van der Waals surface area contributed by atoms with Crippen LogP contribution in [0.4, 0.5) is 0 Å². The van der Waals surface area contributed by atoms with E-state index in [-0.39, 0.29) is 16.3 Å². The Bertz CT molecular complexity index is 987. The average Bonchev–Trinajstić information content (AvgIpc) is 2.53. The fraction of sp³-hybridized carbons (Fsp3) is 0.200. The number of hydrogen-bond acceptors (Lipinski definition) is 4. The first-order chi connectivity index (χ1) is 11.2. The van der Waals surface area contributed by atoms with Gasteiger partial charge in [0.05, 0.1) is 9.79 Å². The van der Waals surface area contributed by atoms with Gasteiger partial charge < -0.3 is 0 Å². The molecule has 0 aliphatic carbocycles. The number of nitrogens with zero attached hydrogens (tertiary/aromatic N) is 1. The van der Waals surface area contributed by atoms with Crippen LogP contribution >= 0.6 is 11.6 Å². The highest BCUT2D eigenvalue weighted by Crippen LogP contribution is 2.27. The molecule has 24 heavy (non-hydrogen) atoms. The molecule has 1 aliphatic rings. The van der Waals surface area contributed by atoms with Crippen molar-refractivity contribution in [3.05, 3.63) is 58.6 Å². The lowest BCUT2D eigenvalue weighted by Crippen LogP contribution is -2.36. The first-order valence-corrected chi connectivity index (χ1v) is 10.4. The molecule has 0 radical (unpaired) electrons. The quantitative estimate of drug-likeness (QED) is 0.868. The summed E-state index contributed by atoms with van der Waals surface area (Å²) in [5.41, 5.74) is 1.57. The number of sulfonamides is 2. The SMILES string of the molecule is NS(=O)(=O)c1ccc2c(c1)CN(S(=O)(=O)c1ccc(Cl)cc1)CC2. The topological polar surface area (TPSA) is 97.5 Å². The summed E-state index contributed by atoms with van der Waals surface area (Å²) in [6.45, 7) is 0.427. The van der Waals surface area contributed by atoms with E-state index >= 15 is 0 Å². The van der Waals surface area contributed by atoms with Crippen LogP contribution in [-0.4, -0.2) is 27.7 Å². The van der Waals surface area contributed by atoms with Crippen molar-refractivity contribution in [2.24, 2.45) is 5.14 Å². The van der Waals surface area contributed by atoms with Gasteiger partial charge in [-0.05, 0) is 53.9 Å². The number of nitrogens with two attached hydrogens (primary N) is 1. The second-order valence-corrected chi connectivity index (χ2v) is 9.45. The third-order valence-electron chi connectivity index (χ3n) is 3.93. The van der Waals surface area contributed by atoms with Gasteiger partial charge in [0.25, 0.3) is 0 Å². The molecule has 2 aromatic carbocycles. The molecule has 0 atom stereocenters. The smallest absolute Gasteiger partial charge is 0.225 e. The first kappa shape index (κ1) is 17.4. The van der Waals surface area contributed by atoms with Gasteiger partial charge in [-0.15, -0.1) is 0 Å². The third kappa shape index (κ3) is 3.33. The molecule has 6 nitrogen and oxygen atoms in total. The number of fused-ring (bicyclic) bond motifs is 1. The second kappa shape index (κ2) is 6.12. The lowest BCUT2D eigenvalue weighted by Gasteiger charge is -2.28. The Morgan fingerprint density at radius 1 is 0.917 bits per heavy atom. The Labute approximate surface area is 146 Å². The molecule has 3 rings (SSSR count). The van der Waals surface area contributed by atoms with Gasteiger partial charge in [0.1, 0.15) is 0 Å². The fourth-order valence-corrected chi connectivity index (χ4v) is 4.75. The van der Waals surface area contributed by atoms with Crippen molar-refractivity contribution in [3.63, 3.8) is 0 Å². The predicted molar refractivity (Wildman–Crippen MR) is 90.6 cm³/mol. The van der Waals surface area contributed by atoms with Crippen molar-refractivity contribution in [2.75, 3.05) is 6.54 Å². The second-order valence-electron chi connectivity index (χ2n) is 5.52. The van der Waals surface area contributed by atoms with Crippen LogP contribution in [0.3, 0.4) is 0 Å². The van der Waals surface area contributed by atoms with Crippen LogP contribution in [0.5, 0.6) is 0 Å². The summed E-state index contributed by atoms with van der Waals surface area (Å²) in [5.74, 6) is 0. The average molecular weight is 387 g/mol. The van der Waals surface area contributed by atoms with E-state index in [1.807, 2.05) is 0 Å². The van der Waals surface area contributed by atoms with Crippen molar-refractivity contribution in [1.82, 2.24) is 4.31 Å². The van der Waals surface area contributed by atoms with E-state index in [1.54, 1.807) is 6.07 Å². The van der Waals surface area contributed by atoms with Crippen molar-refractivity contribution >= 4 is 31.6 Å². The minimum Gasteiger partial charge on any atom is -0.225 e. The van der Waals surface area contributed by atoms with Crippen LogP contribution in [0.1, 0.15) is 11.1 Å². The maximum atomic E-state index is 12.7. The van der Waals surface area contributed by atoms with E-state index in [0.717, 1.165) is 5.56 Å². The molecule has 1 aliphatic heterocycles. The molecular weight excluding hydrogens is 372 g/mol. The predicted octanol–water partition coefficient (Wildman–Crippen LogP) is 1.73. The van der Waals surface area contributed by atoms with Gasteiger partial charge in [0, 0.05) is 18.1 Å². The van der Waals surface area contributed by atoms with E-state index < -0.39 is 20.0 Å². The van der Waals surface area contributed by atoms with E-state index in [4.69, 9.17) is 16.7 Å². The maximum Gasteiger partial charge on any atom is 0.243 e. The monoisotopic (exact) mass is 386 g/mol. The number of rotatable bonds is 3. The van der Waals surface area contributed by atoms with Gasteiger partial charge in [0.2, 0.25) is 20.0 Å². The van der Waals surface area contributed by atoms with Gasteiger partial charge in [0.15, 0.2) is 0 Å². The minimum atomic E-state index is -3.83. The van der Waals surface area contributed by atoms with Gasteiger partial charge in [-0.1, -0.05) is 17.7 Å². The molecule has 2 aromatic rings. The highest BCUT2D eigenvalue weighted by atomic mass is 35.5. The van der Waals surface area contributed by atoms with Crippen LogP contribution in [0, 0.1) is 0 Å².